The molecule has 0 aliphatic rings. The molecule has 3 aromatic rings. The van der Waals surface area contributed by atoms with E-state index in [1.165, 1.54) is 16.9 Å². The van der Waals surface area contributed by atoms with Crippen molar-refractivity contribution in [3.05, 3.63) is 41.6 Å². The number of halogens is 3. The highest BCUT2D eigenvalue weighted by Crippen LogP contribution is 2.32. The number of carbonyl (C=O) groups is 1. The Morgan fingerprint density at radius 1 is 1.24 bits per heavy atom. The number of amides is 1. The molecule has 0 aliphatic carbocycles. The van der Waals surface area contributed by atoms with Crippen LogP contribution < -0.4 is 5.32 Å². The third-order valence-corrected chi connectivity index (χ3v) is 4.04. The number of alkyl halides is 3. The minimum atomic E-state index is -4.65. The lowest BCUT2D eigenvalue weighted by atomic mass is 9.91. The molecule has 0 spiro atoms. The van der Waals surface area contributed by atoms with E-state index in [2.05, 4.69) is 20.5 Å². The van der Waals surface area contributed by atoms with Gasteiger partial charge in [0, 0.05) is 18.1 Å². The van der Waals surface area contributed by atoms with E-state index in [-0.39, 0.29) is 23.8 Å². The fourth-order valence-electron chi connectivity index (χ4n) is 2.55. The minimum Gasteiger partial charge on any atom is -0.360 e. The lowest BCUT2D eigenvalue weighted by Crippen LogP contribution is -2.20. The number of nitrogens with one attached hydrogen (secondary N) is 1. The normalized spacial score (nSPS) is 12.5. The molecule has 0 saturated carbocycles. The molecular weight excluding hydrogens is 389 g/mol. The van der Waals surface area contributed by atoms with Crippen LogP contribution in [0.1, 0.15) is 49.6 Å². The van der Waals surface area contributed by atoms with Crippen molar-refractivity contribution >= 4 is 17.2 Å². The maximum absolute atomic E-state index is 13.5. The van der Waals surface area contributed by atoms with Gasteiger partial charge in [0.05, 0.1) is 23.8 Å². The number of aromatic nitrogens is 5. The number of rotatable bonds is 5. The van der Waals surface area contributed by atoms with Crippen LogP contribution >= 0.6 is 0 Å². The maximum atomic E-state index is 13.5. The molecule has 0 atom stereocenters. The van der Waals surface area contributed by atoms with E-state index < -0.39 is 23.2 Å². The minimum absolute atomic E-state index is 0.0538. The van der Waals surface area contributed by atoms with E-state index in [1.54, 1.807) is 27.0 Å². The first-order valence-corrected chi connectivity index (χ1v) is 8.89. The Balaban J connectivity index is 1.94. The fraction of sp³-hybridized carbons (Fsp3) is 0.444. The van der Waals surface area contributed by atoms with Gasteiger partial charge in [-0.15, -0.1) is 0 Å². The molecule has 1 N–H and O–H groups in total. The van der Waals surface area contributed by atoms with Gasteiger partial charge in [0.2, 0.25) is 0 Å². The van der Waals surface area contributed by atoms with Crippen LogP contribution in [0.3, 0.4) is 0 Å². The van der Waals surface area contributed by atoms with E-state index in [9.17, 15) is 18.0 Å². The van der Waals surface area contributed by atoms with Crippen LogP contribution in [-0.2, 0) is 23.1 Å². The summed E-state index contributed by atoms with van der Waals surface area (Å²) in [5, 5.41) is 10.4. The lowest BCUT2D eigenvalue weighted by Gasteiger charge is -2.19. The van der Waals surface area contributed by atoms with Crippen molar-refractivity contribution in [2.24, 2.45) is 0 Å². The Bertz CT molecular complexity index is 1030. The van der Waals surface area contributed by atoms with Gasteiger partial charge in [-0.1, -0.05) is 20.8 Å². The summed E-state index contributed by atoms with van der Waals surface area (Å²) in [6.45, 7) is 7.84. The van der Waals surface area contributed by atoms with Crippen LogP contribution in [0.2, 0.25) is 0 Å². The standard InChI is InChI=1S/C18H21F3N6O2/c1-5-29-10-26-9-11(8-22-26)23-16(28)12-6-15-24-13(17(2,3)4)7-14(18(19,20)21)27(15)25-12/h6-9H,5,10H2,1-4H3,(H,23,28). The second-order valence-corrected chi connectivity index (χ2v) is 7.42. The number of ether oxygens (including phenoxy) is 1. The number of hydrogen-bond donors (Lipinski definition) is 1. The molecule has 156 valence electrons. The van der Waals surface area contributed by atoms with Gasteiger partial charge in [0.1, 0.15) is 12.4 Å². The zero-order valence-corrected chi connectivity index (χ0v) is 16.4. The van der Waals surface area contributed by atoms with Crippen molar-refractivity contribution < 1.29 is 22.7 Å². The third kappa shape index (κ3) is 4.56. The number of carbonyl (C=O) groups excluding carboxylic acids is 1. The molecule has 0 bridgehead atoms. The second kappa shape index (κ2) is 7.47. The van der Waals surface area contributed by atoms with Gasteiger partial charge in [-0.05, 0) is 13.0 Å². The predicted octanol–water partition coefficient (Wildman–Crippen LogP) is 3.49. The van der Waals surface area contributed by atoms with Crippen LogP contribution in [-0.4, -0.2) is 36.9 Å². The Labute approximate surface area is 164 Å². The molecule has 0 unspecified atom stereocenters. The van der Waals surface area contributed by atoms with Gasteiger partial charge in [0.15, 0.2) is 11.3 Å². The monoisotopic (exact) mass is 410 g/mol. The average Bonchev–Trinajstić information content (AvgIpc) is 3.23. The molecule has 0 aromatic carbocycles. The van der Waals surface area contributed by atoms with E-state index in [0.717, 1.165) is 6.07 Å². The van der Waals surface area contributed by atoms with Crippen molar-refractivity contribution in [2.45, 2.75) is 46.0 Å². The highest BCUT2D eigenvalue weighted by atomic mass is 19.4. The predicted molar refractivity (Wildman–Crippen MR) is 98.5 cm³/mol. The lowest BCUT2D eigenvalue weighted by molar-refractivity contribution is -0.142. The van der Waals surface area contributed by atoms with Gasteiger partial charge >= 0.3 is 6.18 Å². The zero-order chi connectivity index (χ0) is 21.4. The molecule has 0 fully saturated rings. The Morgan fingerprint density at radius 2 is 1.97 bits per heavy atom. The summed E-state index contributed by atoms with van der Waals surface area (Å²) in [4.78, 5) is 16.7. The van der Waals surface area contributed by atoms with Crippen molar-refractivity contribution in [3.8, 4) is 0 Å². The van der Waals surface area contributed by atoms with E-state index in [0.29, 0.717) is 16.8 Å². The molecule has 3 heterocycles. The molecule has 3 aromatic heterocycles. The van der Waals surface area contributed by atoms with Crippen LogP contribution in [0, 0.1) is 0 Å². The SMILES string of the molecule is CCOCn1cc(NC(=O)c2cc3nc(C(C)(C)C)cc(C(F)(F)F)n3n2)cn1. The molecule has 3 rings (SSSR count). The number of nitrogens with zero attached hydrogens (tertiary/aromatic N) is 5. The molecule has 11 heteroatoms. The third-order valence-electron chi connectivity index (χ3n) is 4.04. The largest absolute Gasteiger partial charge is 0.433 e. The number of fused-ring (bicyclic) bond motifs is 1. The Kier molecular flexibility index (Phi) is 5.35. The quantitative estimate of drug-likeness (QED) is 0.696. The van der Waals surface area contributed by atoms with Gasteiger partial charge in [-0.25, -0.2) is 14.2 Å². The Hall–Kier alpha value is -2.95. The molecule has 29 heavy (non-hydrogen) atoms. The topological polar surface area (TPSA) is 86.3 Å². The van der Waals surface area contributed by atoms with Crippen molar-refractivity contribution in [1.82, 2.24) is 24.4 Å². The zero-order valence-electron chi connectivity index (χ0n) is 16.4. The molecule has 0 saturated heterocycles. The maximum Gasteiger partial charge on any atom is 0.433 e. The van der Waals surface area contributed by atoms with Crippen LogP contribution in [0.25, 0.3) is 5.65 Å². The van der Waals surface area contributed by atoms with Gasteiger partial charge in [-0.3, -0.25) is 4.79 Å². The highest BCUT2D eigenvalue weighted by molar-refractivity contribution is 6.03. The smallest absolute Gasteiger partial charge is 0.360 e. The molecule has 8 nitrogen and oxygen atoms in total. The second-order valence-electron chi connectivity index (χ2n) is 7.42. The summed E-state index contributed by atoms with van der Waals surface area (Å²) >= 11 is 0. The van der Waals surface area contributed by atoms with E-state index in [4.69, 9.17) is 4.74 Å². The van der Waals surface area contributed by atoms with Crippen LogP contribution in [0.4, 0.5) is 18.9 Å². The average molecular weight is 410 g/mol. The molecular formula is C18H21F3N6O2. The summed E-state index contributed by atoms with van der Waals surface area (Å²) in [6, 6.07) is 2.18. The number of hydrogen-bond acceptors (Lipinski definition) is 5. The summed E-state index contributed by atoms with van der Waals surface area (Å²) in [6.07, 6.45) is -1.70. The van der Waals surface area contributed by atoms with Crippen LogP contribution in [0.15, 0.2) is 24.5 Å². The van der Waals surface area contributed by atoms with Gasteiger partial charge in [-0.2, -0.15) is 23.4 Å². The van der Waals surface area contributed by atoms with Crippen molar-refractivity contribution in [2.75, 3.05) is 11.9 Å². The summed E-state index contributed by atoms with van der Waals surface area (Å²) in [5.41, 5.74) is -1.22. The van der Waals surface area contributed by atoms with E-state index in [1.807, 2.05) is 6.92 Å². The van der Waals surface area contributed by atoms with Gasteiger partial charge < -0.3 is 10.1 Å². The first-order valence-electron chi connectivity index (χ1n) is 8.89. The molecule has 0 aliphatic heterocycles. The van der Waals surface area contributed by atoms with Crippen molar-refractivity contribution in [3.63, 3.8) is 0 Å². The first-order chi connectivity index (χ1) is 13.5. The Morgan fingerprint density at radius 3 is 2.59 bits per heavy atom. The van der Waals surface area contributed by atoms with Crippen molar-refractivity contribution in [1.29, 1.82) is 0 Å². The van der Waals surface area contributed by atoms with E-state index >= 15 is 0 Å². The summed E-state index contributed by atoms with van der Waals surface area (Å²) in [5.74, 6) is -0.670. The molecule has 0 radical (unpaired) electrons. The molecule has 1 amide bonds. The van der Waals surface area contributed by atoms with Crippen LogP contribution in [0.5, 0.6) is 0 Å². The summed E-state index contributed by atoms with van der Waals surface area (Å²) in [7, 11) is 0. The number of anilines is 1. The fourth-order valence-corrected chi connectivity index (χ4v) is 2.55. The first kappa shape index (κ1) is 20.8. The summed E-state index contributed by atoms with van der Waals surface area (Å²) < 4.78 is 47.9. The highest BCUT2D eigenvalue weighted by Gasteiger charge is 2.36. The van der Waals surface area contributed by atoms with Gasteiger partial charge in [0.25, 0.3) is 5.91 Å².